The number of benzene rings is 1. The minimum atomic E-state index is 0.108. The van der Waals surface area contributed by atoms with Crippen molar-refractivity contribution in [3.8, 4) is 0 Å². The molecule has 1 aliphatic heterocycles. The van der Waals surface area contributed by atoms with E-state index in [9.17, 15) is 4.79 Å². The number of piperidine rings is 1. The smallest absolute Gasteiger partial charge is 0.165 e. The predicted octanol–water partition coefficient (Wildman–Crippen LogP) is 7.65. The molecule has 0 spiro atoms. The summed E-state index contributed by atoms with van der Waals surface area (Å²) in [5.74, 6) is 1.81. The highest BCUT2D eigenvalue weighted by Gasteiger charge is 2.25. The molecule has 2 aliphatic rings. The van der Waals surface area contributed by atoms with Crippen LogP contribution < -0.4 is 0 Å². The third-order valence-corrected chi connectivity index (χ3v) is 7.54. The first kappa shape index (κ1) is 24.7. The number of aryl methyl sites for hydroxylation is 1. The lowest BCUT2D eigenvalue weighted by atomic mass is 9.81. The van der Waals surface area contributed by atoms with E-state index >= 15 is 0 Å². The van der Waals surface area contributed by atoms with Gasteiger partial charge in [0.1, 0.15) is 0 Å². The quantitative estimate of drug-likeness (QED) is 0.294. The summed E-state index contributed by atoms with van der Waals surface area (Å²) in [6, 6.07) is 6.66. The van der Waals surface area contributed by atoms with Crippen molar-refractivity contribution in [2.24, 2.45) is 11.8 Å². The van der Waals surface area contributed by atoms with Gasteiger partial charge in [0.05, 0.1) is 0 Å². The van der Waals surface area contributed by atoms with Crippen molar-refractivity contribution < 1.29 is 4.79 Å². The molecular formula is C30H43NO. The molecule has 1 aliphatic carbocycles. The molecule has 2 heteroatoms. The molecule has 174 valence electrons. The molecule has 0 aromatic heterocycles. The molecule has 0 amide bonds. The van der Waals surface area contributed by atoms with Crippen LogP contribution in [0.15, 0.2) is 54.7 Å². The first-order valence-corrected chi connectivity index (χ1v) is 12.8. The number of carbonyl (C=O) groups is 1. The predicted molar refractivity (Wildman–Crippen MR) is 137 cm³/mol. The number of ketones is 1. The minimum absolute atomic E-state index is 0.108. The lowest BCUT2D eigenvalue weighted by Crippen LogP contribution is -2.35. The number of hydrogen-bond acceptors (Lipinski definition) is 2. The number of allylic oxidation sites excluding steroid dienone is 4. The zero-order valence-electron chi connectivity index (χ0n) is 20.6. The van der Waals surface area contributed by atoms with Gasteiger partial charge in [-0.05, 0) is 82.0 Å². The molecule has 0 bridgehead atoms. The normalized spacial score (nSPS) is 20.5. The van der Waals surface area contributed by atoms with Crippen LogP contribution in [0, 0.1) is 18.8 Å². The van der Waals surface area contributed by atoms with Crippen LogP contribution in [-0.4, -0.2) is 30.3 Å². The van der Waals surface area contributed by atoms with Gasteiger partial charge in [0, 0.05) is 18.0 Å². The number of carbonyl (C=O) groups excluding carboxylic acids is 1. The molecule has 3 rings (SSSR count). The van der Waals surface area contributed by atoms with Crippen LogP contribution >= 0.6 is 0 Å². The molecule has 0 N–H and O–H groups in total. The largest absolute Gasteiger partial charge is 0.299 e. The van der Waals surface area contributed by atoms with Gasteiger partial charge < -0.3 is 0 Å². The summed E-state index contributed by atoms with van der Waals surface area (Å²) in [7, 11) is 0. The monoisotopic (exact) mass is 433 g/mol. The van der Waals surface area contributed by atoms with Crippen molar-refractivity contribution >= 4 is 5.78 Å². The van der Waals surface area contributed by atoms with Crippen LogP contribution in [0.25, 0.3) is 0 Å². The summed E-state index contributed by atoms with van der Waals surface area (Å²) >= 11 is 0. The van der Waals surface area contributed by atoms with Gasteiger partial charge in [0.15, 0.2) is 5.78 Å². The Hall–Kier alpha value is -1.93. The second kappa shape index (κ2) is 12.3. The van der Waals surface area contributed by atoms with Gasteiger partial charge in [-0.3, -0.25) is 9.69 Å². The lowest BCUT2D eigenvalue weighted by molar-refractivity contribution is 0.0893. The van der Waals surface area contributed by atoms with Crippen molar-refractivity contribution in [1.82, 2.24) is 4.90 Å². The standard InChI is InChI=1S/C30H43NO/c1-5-6-8-11-23(2)22-31-18-16-26(17-19-31)20-25(4)30(32)29-15-14-28(21-24(29)3)27-12-9-7-10-13-27/h5-6,8,11,14-15,21,25-27H,1,7,9-10,12-13,16-20,22H2,2-4H3/b8-6-,23-11+. The fourth-order valence-corrected chi connectivity index (χ4v) is 5.61. The Morgan fingerprint density at radius 2 is 1.84 bits per heavy atom. The maximum atomic E-state index is 13.2. The first-order chi connectivity index (χ1) is 15.5. The molecule has 1 atom stereocenters. The molecule has 1 saturated carbocycles. The fourth-order valence-electron chi connectivity index (χ4n) is 5.61. The van der Waals surface area contributed by atoms with Crippen LogP contribution in [0.5, 0.6) is 0 Å². The van der Waals surface area contributed by atoms with Crippen molar-refractivity contribution in [3.63, 3.8) is 0 Å². The summed E-state index contributed by atoms with van der Waals surface area (Å²) in [6.45, 7) is 13.5. The summed E-state index contributed by atoms with van der Waals surface area (Å²) in [4.78, 5) is 15.8. The Balaban J connectivity index is 1.49. The van der Waals surface area contributed by atoms with E-state index in [1.54, 1.807) is 0 Å². The van der Waals surface area contributed by atoms with E-state index in [0.29, 0.717) is 17.6 Å². The van der Waals surface area contributed by atoms with E-state index in [2.05, 4.69) is 62.6 Å². The zero-order chi connectivity index (χ0) is 22.9. The van der Waals surface area contributed by atoms with E-state index < -0.39 is 0 Å². The van der Waals surface area contributed by atoms with Crippen LogP contribution in [0.3, 0.4) is 0 Å². The number of hydrogen-bond donors (Lipinski definition) is 0. The fraction of sp³-hybridized carbons (Fsp3) is 0.567. The van der Waals surface area contributed by atoms with Crippen LogP contribution in [-0.2, 0) is 0 Å². The van der Waals surface area contributed by atoms with Gasteiger partial charge in [-0.2, -0.15) is 0 Å². The molecule has 1 aromatic rings. The lowest BCUT2D eigenvalue weighted by Gasteiger charge is -2.33. The SMILES string of the molecule is C=C/C=C\C=C(/C)CN1CCC(CC(C)C(=O)c2ccc(C3CCCCC3)cc2C)CC1. The number of nitrogens with zero attached hydrogens (tertiary/aromatic N) is 1. The second-order valence-corrected chi connectivity index (χ2v) is 10.3. The summed E-state index contributed by atoms with van der Waals surface area (Å²) < 4.78 is 0. The molecule has 1 unspecified atom stereocenters. The topological polar surface area (TPSA) is 20.3 Å². The Morgan fingerprint density at radius 1 is 1.12 bits per heavy atom. The second-order valence-electron chi connectivity index (χ2n) is 10.3. The number of rotatable bonds is 9. The molecule has 1 aromatic carbocycles. The van der Waals surface area contributed by atoms with E-state index in [1.807, 2.05) is 12.2 Å². The summed E-state index contributed by atoms with van der Waals surface area (Å²) in [5, 5.41) is 0. The van der Waals surface area contributed by atoms with Gasteiger partial charge >= 0.3 is 0 Å². The van der Waals surface area contributed by atoms with Crippen molar-refractivity contribution in [3.05, 3.63) is 71.3 Å². The zero-order valence-corrected chi connectivity index (χ0v) is 20.6. The summed E-state index contributed by atoms with van der Waals surface area (Å²) in [6.07, 6.45) is 18.1. The molecule has 0 radical (unpaired) electrons. The highest BCUT2D eigenvalue weighted by molar-refractivity contribution is 5.99. The van der Waals surface area contributed by atoms with Gasteiger partial charge in [-0.15, -0.1) is 0 Å². The van der Waals surface area contributed by atoms with Gasteiger partial charge in [-0.25, -0.2) is 0 Å². The number of Topliss-reactive ketones (excluding diaryl/α,β-unsaturated/α-hetero) is 1. The highest BCUT2D eigenvalue weighted by atomic mass is 16.1. The average Bonchev–Trinajstić information content (AvgIpc) is 2.80. The van der Waals surface area contributed by atoms with Crippen molar-refractivity contribution in [1.29, 1.82) is 0 Å². The molecular weight excluding hydrogens is 390 g/mol. The Kier molecular flexibility index (Phi) is 9.53. The number of likely N-dealkylation sites (tertiary alicyclic amines) is 1. The van der Waals surface area contributed by atoms with Crippen molar-refractivity contribution in [2.75, 3.05) is 19.6 Å². The van der Waals surface area contributed by atoms with Gasteiger partial charge in [0.25, 0.3) is 0 Å². The Bertz CT molecular complexity index is 819. The molecule has 2 nitrogen and oxygen atoms in total. The van der Waals surface area contributed by atoms with E-state index in [0.717, 1.165) is 31.6 Å². The maximum Gasteiger partial charge on any atom is 0.165 e. The third kappa shape index (κ3) is 7.04. The van der Waals surface area contributed by atoms with Crippen LogP contribution in [0.2, 0.25) is 0 Å². The van der Waals surface area contributed by atoms with Crippen molar-refractivity contribution in [2.45, 2.75) is 78.1 Å². The third-order valence-electron chi connectivity index (χ3n) is 7.54. The van der Waals surface area contributed by atoms with Crippen LogP contribution in [0.4, 0.5) is 0 Å². The Labute approximate surface area is 196 Å². The van der Waals surface area contributed by atoms with E-state index in [1.165, 1.54) is 61.6 Å². The highest BCUT2D eigenvalue weighted by Crippen LogP contribution is 2.34. The van der Waals surface area contributed by atoms with E-state index in [4.69, 9.17) is 0 Å². The van der Waals surface area contributed by atoms with E-state index in [-0.39, 0.29) is 5.92 Å². The minimum Gasteiger partial charge on any atom is -0.299 e. The van der Waals surface area contributed by atoms with Gasteiger partial charge in [-0.1, -0.05) is 80.8 Å². The first-order valence-electron chi connectivity index (χ1n) is 12.8. The molecule has 1 heterocycles. The molecule has 1 saturated heterocycles. The summed E-state index contributed by atoms with van der Waals surface area (Å²) in [5.41, 5.74) is 4.95. The maximum absolute atomic E-state index is 13.2. The molecule has 2 fully saturated rings. The average molecular weight is 434 g/mol. The molecule has 32 heavy (non-hydrogen) atoms. The van der Waals surface area contributed by atoms with Gasteiger partial charge in [0.2, 0.25) is 0 Å². The van der Waals surface area contributed by atoms with Crippen LogP contribution in [0.1, 0.15) is 92.6 Å². The Morgan fingerprint density at radius 3 is 2.50 bits per heavy atom.